The Bertz CT molecular complexity index is 837. The minimum Gasteiger partial charge on any atom is -0.493 e. The minimum absolute atomic E-state index is 0.0747. The van der Waals surface area contributed by atoms with Gasteiger partial charge in [-0.25, -0.2) is 17.9 Å². The third kappa shape index (κ3) is 4.30. The van der Waals surface area contributed by atoms with Crippen LogP contribution < -0.4 is 19.5 Å². The molecule has 0 fully saturated rings. The molecule has 2 rings (SSSR count). The number of carbonyl (C=O) groups excluding carboxylic acids is 1. The molecular weight excluding hydrogens is 356 g/mol. The number of urea groups is 1. The monoisotopic (exact) mass is 370 g/mol. The van der Waals surface area contributed by atoms with Crippen molar-refractivity contribution in [2.24, 2.45) is 0 Å². The fourth-order valence-corrected chi connectivity index (χ4v) is 2.90. The van der Waals surface area contributed by atoms with Crippen LogP contribution in [0.1, 0.15) is 0 Å². The molecular formula is C15H15ClN2O5S. The van der Waals surface area contributed by atoms with Crippen molar-refractivity contribution in [1.82, 2.24) is 4.72 Å². The van der Waals surface area contributed by atoms with Crippen LogP contribution in [0.2, 0.25) is 5.02 Å². The van der Waals surface area contributed by atoms with Crippen LogP contribution in [0, 0.1) is 0 Å². The van der Waals surface area contributed by atoms with Crippen LogP contribution in [-0.2, 0) is 10.0 Å². The van der Waals surface area contributed by atoms with Gasteiger partial charge in [-0.15, -0.1) is 0 Å². The molecule has 9 heteroatoms. The van der Waals surface area contributed by atoms with E-state index in [4.69, 9.17) is 21.1 Å². The number of sulfonamides is 1. The van der Waals surface area contributed by atoms with Gasteiger partial charge in [0.05, 0.1) is 19.1 Å². The van der Waals surface area contributed by atoms with Crippen LogP contribution in [0.15, 0.2) is 47.4 Å². The van der Waals surface area contributed by atoms with Crippen LogP contribution in [0.25, 0.3) is 0 Å². The third-order valence-corrected chi connectivity index (χ3v) is 4.59. The normalized spacial score (nSPS) is 10.8. The van der Waals surface area contributed by atoms with Crippen molar-refractivity contribution >= 4 is 33.3 Å². The summed E-state index contributed by atoms with van der Waals surface area (Å²) >= 11 is 5.71. The Kier molecular flexibility index (Phi) is 5.53. The minimum atomic E-state index is -4.00. The first-order chi connectivity index (χ1) is 11.4. The molecule has 0 unspecified atom stereocenters. The van der Waals surface area contributed by atoms with Crippen molar-refractivity contribution in [2.45, 2.75) is 4.90 Å². The molecule has 24 heavy (non-hydrogen) atoms. The predicted molar refractivity (Wildman–Crippen MR) is 90.3 cm³/mol. The quantitative estimate of drug-likeness (QED) is 0.844. The van der Waals surface area contributed by atoms with E-state index >= 15 is 0 Å². The van der Waals surface area contributed by atoms with Gasteiger partial charge < -0.3 is 14.8 Å². The first-order valence-electron chi connectivity index (χ1n) is 6.67. The van der Waals surface area contributed by atoms with E-state index in [1.165, 1.54) is 44.6 Å². The molecule has 0 atom stereocenters. The first-order valence-corrected chi connectivity index (χ1v) is 8.53. The van der Waals surface area contributed by atoms with Crippen LogP contribution in [0.3, 0.4) is 0 Å². The van der Waals surface area contributed by atoms with Crippen LogP contribution in [0.4, 0.5) is 10.5 Å². The van der Waals surface area contributed by atoms with Crippen molar-refractivity contribution in [1.29, 1.82) is 0 Å². The zero-order valence-electron chi connectivity index (χ0n) is 12.9. The van der Waals surface area contributed by atoms with E-state index < -0.39 is 16.1 Å². The lowest BCUT2D eigenvalue weighted by Gasteiger charge is -2.11. The summed E-state index contributed by atoms with van der Waals surface area (Å²) in [6, 6.07) is 9.18. The molecule has 7 nitrogen and oxygen atoms in total. The molecule has 0 saturated carbocycles. The molecule has 2 amide bonds. The van der Waals surface area contributed by atoms with E-state index in [2.05, 4.69) is 5.32 Å². The van der Waals surface area contributed by atoms with Crippen LogP contribution >= 0.6 is 11.6 Å². The molecule has 0 heterocycles. The van der Waals surface area contributed by atoms with Crippen molar-refractivity contribution in [3.05, 3.63) is 47.5 Å². The molecule has 0 aliphatic carbocycles. The molecule has 128 valence electrons. The summed E-state index contributed by atoms with van der Waals surface area (Å²) in [5.41, 5.74) is 0.344. The topological polar surface area (TPSA) is 93.7 Å². The van der Waals surface area contributed by atoms with E-state index in [9.17, 15) is 13.2 Å². The van der Waals surface area contributed by atoms with Gasteiger partial charge in [-0.1, -0.05) is 11.6 Å². The highest BCUT2D eigenvalue weighted by atomic mass is 35.5. The summed E-state index contributed by atoms with van der Waals surface area (Å²) in [5, 5.41) is 2.81. The highest BCUT2D eigenvalue weighted by Crippen LogP contribution is 2.29. The molecule has 2 aromatic rings. The number of ether oxygens (including phenoxy) is 2. The van der Waals surface area contributed by atoms with Crippen molar-refractivity contribution in [2.75, 3.05) is 19.5 Å². The van der Waals surface area contributed by atoms with E-state index in [1.54, 1.807) is 12.1 Å². The summed E-state index contributed by atoms with van der Waals surface area (Å²) in [7, 11) is -1.07. The van der Waals surface area contributed by atoms with Crippen LogP contribution in [0.5, 0.6) is 11.5 Å². The van der Waals surface area contributed by atoms with E-state index in [0.29, 0.717) is 22.2 Å². The van der Waals surface area contributed by atoms with Gasteiger partial charge in [0.1, 0.15) is 0 Å². The fourth-order valence-electron chi connectivity index (χ4n) is 1.87. The Hall–Kier alpha value is -2.45. The summed E-state index contributed by atoms with van der Waals surface area (Å²) < 4.78 is 36.3. The van der Waals surface area contributed by atoms with Crippen molar-refractivity contribution < 1.29 is 22.7 Å². The Morgan fingerprint density at radius 3 is 2.21 bits per heavy atom. The summed E-state index contributed by atoms with van der Waals surface area (Å²) in [5.74, 6) is 0.883. The highest BCUT2D eigenvalue weighted by molar-refractivity contribution is 7.90. The van der Waals surface area contributed by atoms with Gasteiger partial charge in [0.25, 0.3) is 10.0 Å². The lowest BCUT2D eigenvalue weighted by Crippen LogP contribution is -2.34. The Labute approximate surface area is 144 Å². The number of amides is 2. The Morgan fingerprint density at radius 2 is 1.62 bits per heavy atom. The maximum atomic E-state index is 12.1. The van der Waals surface area contributed by atoms with Gasteiger partial charge in [0.2, 0.25) is 0 Å². The maximum Gasteiger partial charge on any atom is 0.333 e. The number of nitrogens with one attached hydrogen (secondary N) is 2. The third-order valence-electron chi connectivity index (χ3n) is 2.99. The molecule has 2 aromatic carbocycles. The zero-order chi connectivity index (χ0) is 17.7. The van der Waals surface area contributed by atoms with Gasteiger partial charge in [0.15, 0.2) is 11.5 Å². The molecule has 0 bridgehead atoms. The molecule has 0 radical (unpaired) electrons. The average molecular weight is 371 g/mol. The van der Waals surface area contributed by atoms with Gasteiger partial charge >= 0.3 is 6.03 Å². The average Bonchev–Trinajstić information content (AvgIpc) is 2.54. The van der Waals surface area contributed by atoms with Gasteiger partial charge in [0, 0.05) is 16.8 Å². The number of carbonyl (C=O) groups is 1. The Morgan fingerprint density at radius 1 is 1.00 bits per heavy atom. The first kappa shape index (κ1) is 17.9. The van der Waals surface area contributed by atoms with Gasteiger partial charge in [-0.2, -0.15) is 0 Å². The molecule has 0 aliphatic heterocycles. The highest BCUT2D eigenvalue weighted by Gasteiger charge is 2.18. The van der Waals surface area contributed by atoms with E-state index in [1.807, 2.05) is 4.72 Å². The summed E-state index contributed by atoms with van der Waals surface area (Å²) in [6.45, 7) is 0. The van der Waals surface area contributed by atoms with Crippen molar-refractivity contribution in [3.63, 3.8) is 0 Å². The predicted octanol–water partition coefficient (Wildman–Crippen LogP) is 2.87. The number of rotatable bonds is 5. The van der Waals surface area contributed by atoms with Crippen LogP contribution in [-0.4, -0.2) is 28.7 Å². The zero-order valence-corrected chi connectivity index (χ0v) is 14.4. The lowest BCUT2D eigenvalue weighted by molar-refractivity contribution is 0.256. The second-order valence-electron chi connectivity index (χ2n) is 4.58. The molecule has 0 saturated heterocycles. The summed E-state index contributed by atoms with van der Waals surface area (Å²) in [4.78, 5) is 11.8. The number of halogens is 1. The smallest absolute Gasteiger partial charge is 0.333 e. The lowest BCUT2D eigenvalue weighted by atomic mass is 10.3. The largest absolute Gasteiger partial charge is 0.493 e. The molecule has 2 N–H and O–H groups in total. The maximum absolute atomic E-state index is 12.1. The number of anilines is 1. The SMILES string of the molecule is COc1ccc(NC(=O)NS(=O)(=O)c2ccc(Cl)cc2)cc1OC. The van der Waals surface area contributed by atoms with E-state index in [0.717, 1.165) is 0 Å². The molecule has 0 aliphatic rings. The number of benzene rings is 2. The number of methoxy groups -OCH3 is 2. The Balaban J connectivity index is 2.11. The van der Waals surface area contributed by atoms with Gasteiger partial charge in [-0.3, -0.25) is 0 Å². The molecule has 0 aromatic heterocycles. The number of hydrogen-bond acceptors (Lipinski definition) is 5. The standard InChI is InChI=1S/C15H15ClN2O5S/c1-22-13-8-5-11(9-14(13)23-2)17-15(19)18-24(20,21)12-6-3-10(16)4-7-12/h3-9H,1-2H3,(H2,17,18,19). The second-order valence-corrected chi connectivity index (χ2v) is 6.70. The van der Waals surface area contributed by atoms with Crippen molar-refractivity contribution in [3.8, 4) is 11.5 Å². The summed E-state index contributed by atoms with van der Waals surface area (Å²) in [6.07, 6.45) is 0. The fraction of sp³-hybridized carbons (Fsp3) is 0.133. The second kappa shape index (κ2) is 7.41. The number of hydrogen-bond donors (Lipinski definition) is 2. The van der Waals surface area contributed by atoms with E-state index in [-0.39, 0.29) is 4.90 Å². The van der Waals surface area contributed by atoms with Gasteiger partial charge in [-0.05, 0) is 36.4 Å². The molecule has 0 spiro atoms.